The highest BCUT2D eigenvalue weighted by Crippen LogP contribution is 2.17. The number of carbonyl (C=O) groups is 2. The molecule has 234 valence electrons. The Balaban J connectivity index is 0.00000112. The van der Waals surface area contributed by atoms with Crippen LogP contribution in [0.1, 0.15) is 43.7 Å². The molecule has 0 bridgehead atoms. The molecule has 0 aliphatic carbocycles. The lowest BCUT2D eigenvalue weighted by molar-refractivity contribution is -0.192. The van der Waals surface area contributed by atoms with Gasteiger partial charge in [0.1, 0.15) is 11.8 Å². The molecule has 0 amide bonds. The summed E-state index contributed by atoms with van der Waals surface area (Å²) in [5.41, 5.74) is 9.02. The number of unbranched alkanes of at least 4 members (excludes halogenated alkanes) is 2. The number of ether oxygens (including phenoxy) is 1. The number of carboxylic acid groups (broad SMARTS) is 2. The molecule has 7 N–H and O–H groups in total. The average Bonchev–Trinajstić information content (AvgIpc) is 2.91. The summed E-state index contributed by atoms with van der Waals surface area (Å²) < 4.78 is 65.1. The number of guanidine groups is 1. The highest BCUT2D eigenvalue weighted by Gasteiger charge is 2.38. The van der Waals surface area contributed by atoms with Gasteiger partial charge in [-0.2, -0.15) is 17.9 Å². The number of hydrogen-bond donors (Lipinski definition) is 6. The minimum absolute atomic E-state index is 0.0193. The quantitative estimate of drug-likeness (QED) is 0.0700. The van der Waals surface area contributed by atoms with E-state index < -0.39 is 34.2 Å². The van der Waals surface area contributed by atoms with Crippen molar-refractivity contribution >= 4 is 27.9 Å². The van der Waals surface area contributed by atoms with Crippen LogP contribution in [0.15, 0.2) is 53.4 Å². The van der Waals surface area contributed by atoms with Crippen LogP contribution in [0.3, 0.4) is 0 Å². The average molecular weight is 621 g/mol. The van der Waals surface area contributed by atoms with Gasteiger partial charge < -0.3 is 20.7 Å². The molecular formula is C26H35F3N4O8S. The van der Waals surface area contributed by atoms with Gasteiger partial charge in [0.05, 0.1) is 18.1 Å². The fraction of sp³-hybridized carbons (Fsp3) is 0.423. The maximum Gasteiger partial charge on any atom is 0.490 e. The molecule has 2 aromatic rings. The highest BCUT2D eigenvalue weighted by molar-refractivity contribution is 7.89. The SMILES string of the molecule is CCCCCc1ccc(S(=O)(=O)N[C@@H](Cc2ccc(OCCCONC(=N)N)cc2)C(=O)O)cc1.O=C(O)C(F)(F)F. The van der Waals surface area contributed by atoms with E-state index in [4.69, 9.17) is 30.6 Å². The molecule has 0 unspecified atom stereocenters. The van der Waals surface area contributed by atoms with E-state index in [1.54, 1.807) is 36.4 Å². The molecule has 0 spiro atoms. The first kappa shape index (κ1) is 36.1. The van der Waals surface area contributed by atoms with Gasteiger partial charge in [-0.1, -0.05) is 44.0 Å². The maximum absolute atomic E-state index is 12.8. The van der Waals surface area contributed by atoms with Crippen LogP contribution in [0.2, 0.25) is 0 Å². The molecule has 0 aliphatic heterocycles. The van der Waals surface area contributed by atoms with Gasteiger partial charge in [-0.25, -0.2) is 18.7 Å². The highest BCUT2D eigenvalue weighted by atomic mass is 32.2. The Hall–Kier alpha value is -3.89. The normalized spacial score (nSPS) is 12.0. The predicted octanol–water partition coefficient (Wildman–Crippen LogP) is 3.21. The summed E-state index contributed by atoms with van der Waals surface area (Å²) in [5, 5.41) is 23.7. The van der Waals surface area contributed by atoms with Crippen LogP contribution in [-0.4, -0.2) is 62.0 Å². The van der Waals surface area contributed by atoms with Crippen molar-refractivity contribution in [2.24, 2.45) is 5.73 Å². The minimum atomic E-state index is -5.08. The van der Waals surface area contributed by atoms with Crippen molar-refractivity contribution in [1.29, 1.82) is 5.41 Å². The predicted molar refractivity (Wildman–Crippen MR) is 146 cm³/mol. The second kappa shape index (κ2) is 17.8. The van der Waals surface area contributed by atoms with E-state index in [-0.39, 0.29) is 17.3 Å². The van der Waals surface area contributed by atoms with Gasteiger partial charge in [0.25, 0.3) is 0 Å². The maximum atomic E-state index is 12.8. The summed E-state index contributed by atoms with van der Waals surface area (Å²) in [4.78, 5) is 25.6. The summed E-state index contributed by atoms with van der Waals surface area (Å²) in [7, 11) is -3.99. The topological polar surface area (TPSA) is 201 Å². The lowest BCUT2D eigenvalue weighted by atomic mass is 10.1. The van der Waals surface area contributed by atoms with Gasteiger partial charge in [-0.15, -0.1) is 0 Å². The number of rotatable bonds is 16. The van der Waals surface area contributed by atoms with Crippen LogP contribution in [0.25, 0.3) is 0 Å². The number of hydroxylamine groups is 1. The van der Waals surface area contributed by atoms with Crippen molar-refractivity contribution in [3.05, 3.63) is 59.7 Å². The van der Waals surface area contributed by atoms with Crippen molar-refractivity contribution < 1.29 is 51.0 Å². The van der Waals surface area contributed by atoms with Crippen molar-refractivity contribution in [3.63, 3.8) is 0 Å². The number of benzene rings is 2. The first-order valence-corrected chi connectivity index (χ1v) is 14.2. The van der Waals surface area contributed by atoms with Gasteiger partial charge in [-0.05, 0) is 54.7 Å². The lowest BCUT2D eigenvalue weighted by Crippen LogP contribution is -2.42. The van der Waals surface area contributed by atoms with Crippen LogP contribution >= 0.6 is 0 Å². The van der Waals surface area contributed by atoms with Crippen molar-refractivity contribution in [3.8, 4) is 5.75 Å². The van der Waals surface area contributed by atoms with Crippen LogP contribution in [0, 0.1) is 5.41 Å². The Morgan fingerprint density at radius 2 is 1.55 bits per heavy atom. The molecule has 0 saturated carbocycles. The summed E-state index contributed by atoms with van der Waals surface area (Å²) in [6, 6.07) is 12.0. The molecule has 0 aromatic heterocycles. The Kier molecular flexibility index (Phi) is 15.3. The van der Waals surface area contributed by atoms with E-state index in [1.807, 2.05) is 0 Å². The van der Waals surface area contributed by atoms with Crippen LogP contribution in [0.5, 0.6) is 5.75 Å². The van der Waals surface area contributed by atoms with E-state index in [9.17, 15) is 31.5 Å². The number of aliphatic carboxylic acids is 2. The molecule has 0 heterocycles. The van der Waals surface area contributed by atoms with Crippen LogP contribution in [-0.2, 0) is 37.3 Å². The standard InChI is InChI=1S/C24H34N4O6S.C2HF3O2/c1-2-3-4-6-18-9-13-21(14-10-18)35(31,32)28-22(23(29)30)17-19-7-11-20(12-8-19)33-15-5-16-34-27-24(25)26;3-2(4,5)1(6)7/h7-14,22,28H,2-6,15-17H2,1H3,(H,29,30)(H4,25,26,27);(H,6,7)/t22-;/m0./s1. The summed E-state index contributed by atoms with van der Waals surface area (Å²) >= 11 is 0. The zero-order valence-electron chi connectivity index (χ0n) is 22.8. The van der Waals surface area contributed by atoms with Crippen LogP contribution in [0.4, 0.5) is 13.2 Å². The summed E-state index contributed by atoms with van der Waals surface area (Å²) in [6.07, 6.45) is -0.398. The Morgan fingerprint density at radius 3 is 2.05 bits per heavy atom. The number of carboxylic acids is 2. The zero-order valence-corrected chi connectivity index (χ0v) is 23.6. The first-order chi connectivity index (χ1) is 19.7. The molecule has 42 heavy (non-hydrogen) atoms. The van der Waals surface area contributed by atoms with Crippen molar-refractivity contribution in [2.75, 3.05) is 13.2 Å². The van der Waals surface area contributed by atoms with Gasteiger partial charge in [0, 0.05) is 6.42 Å². The monoisotopic (exact) mass is 620 g/mol. The van der Waals surface area contributed by atoms with E-state index in [0.29, 0.717) is 30.9 Å². The molecule has 0 radical (unpaired) electrons. The fourth-order valence-corrected chi connectivity index (χ4v) is 4.45. The molecule has 2 rings (SSSR count). The second-order valence-corrected chi connectivity index (χ2v) is 10.5. The molecule has 1 atom stereocenters. The van der Waals surface area contributed by atoms with Crippen molar-refractivity contribution in [2.45, 2.75) is 62.6 Å². The molecule has 12 nitrogen and oxygen atoms in total. The number of nitrogens with one attached hydrogen (secondary N) is 3. The smallest absolute Gasteiger partial charge is 0.490 e. The van der Waals surface area contributed by atoms with Gasteiger partial charge in [0.2, 0.25) is 16.0 Å². The van der Waals surface area contributed by atoms with E-state index >= 15 is 0 Å². The van der Waals surface area contributed by atoms with Crippen LogP contribution < -0.4 is 20.7 Å². The van der Waals surface area contributed by atoms with Gasteiger partial charge >= 0.3 is 18.1 Å². The van der Waals surface area contributed by atoms with E-state index in [1.165, 1.54) is 12.1 Å². The minimum Gasteiger partial charge on any atom is -0.494 e. The summed E-state index contributed by atoms with van der Waals surface area (Å²) in [5.74, 6) is -3.71. The van der Waals surface area contributed by atoms with Gasteiger partial charge in [-0.3, -0.25) is 15.0 Å². The van der Waals surface area contributed by atoms with Crippen molar-refractivity contribution in [1.82, 2.24) is 10.2 Å². The molecule has 2 aromatic carbocycles. The van der Waals surface area contributed by atoms with E-state index in [0.717, 1.165) is 31.2 Å². The molecule has 0 fully saturated rings. The third kappa shape index (κ3) is 14.7. The third-order valence-electron chi connectivity index (χ3n) is 5.35. The number of halogens is 3. The second-order valence-electron chi connectivity index (χ2n) is 8.83. The first-order valence-electron chi connectivity index (χ1n) is 12.7. The third-order valence-corrected chi connectivity index (χ3v) is 6.83. The summed E-state index contributed by atoms with van der Waals surface area (Å²) in [6.45, 7) is 2.80. The number of alkyl halides is 3. The Labute approximate surface area is 241 Å². The number of hydrogen-bond acceptors (Lipinski definition) is 7. The molecule has 0 saturated heterocycles. The molecule has 16 heteroatoms. The zero-order chi connectivity index (χ0) is 31.8. The molecule has 0 aliphatic rings. The van der Waals surface area contributed by atoms with E-state index in [2.05, 4.69) is 17.1 Å². The Morgan fingerprint density at radius 1 is 0.976 bits per heavy atom. The number of sulfonamides is 1. The number of aryl methyl sites for hydroxylation is 1. The fourth-order valence-electron chi connectivity index (χ4n) is 3.26. The number of nitrogens with two attached hydrogens (primary N) is 1. The molecular weight excluding hydrogens is 585 g/mol. The van der Waals surface area contributed by atoms with Gasteiger partial charge in [0.15, 0.2) is 0 Å². The largest absolute Gasteiger partial charge is 0.494 e. The Bertz CT molecular complexity index is 1240. The lowest BCUT2D eigenvalue weighted by Gasteiger charge is -2.16.